The predicted octanol–water partition coefficient (Wildman–Crippen LogP) is 1.04. The van der Waals surface area contributed by atoms with Crippen molar-refractivity contribution in [1.82, 2.24) is 10.6 Å². The molecule has 7 heteroatoms. The molecule has 1 aliphatic rings. The van der Waals surface area contributed by atoms with Gasteiger partial charge in [0.05, 0.1) is 18.7 Å². The van der Waals surface area contributed by atoms with Crippen molar-refractivity contribution >= 4 is 40.7 Å². The number of rotatable bonds is 4. The van der Waals surface area contributed by atoms with E-state index in [1.807, 2.05) is 42.5 Å². The van der Waals surface area contributed by atoms with Crippen LogP contribution in [0.1, 0.15) is 6.42 Å². The number of carbonyl (C=O) groups is 2. The van der Waals surface area contributed by atoms with E-state index in [0.29, 0.717) is 13.0 Å². The highest BCUT2D eigenvalue weighted by Gasteiger charge is 2.27. The first-order valence-electron chi connectivity index (χ1n) is 7.60. The molecule has 3 rings (SSSR count). The van der Waals surface area contributed by atoms with Gasteiger partial charge < -0.3 is 21.1 Å². The number of carbonyl (C=O) groups excluding carboxylic acids is 2. The van der Waals surface area contributed by atoms with E-state index in [2.05, 4.69) is 16.0 Å². The van der Waals surface area contributed by atoms with Gasteiger partial charge in [0, 0.05) is 17.6 Å². The molecule has 0 radical (unpaired) electrons. The normalized spacial score (nSPS) is 19.5. The maximum absolute atomic E-state index is 12.0. The molecule has 0 saturated carbocycles. The second-order valence-corrected chi connectivity index (χ2v) is 5.64. The van der Waals surface area contributed by atoms with Crippen molar-refractivity contribution in [2.45, 2.75) is 18.6 Å². The molecule has 0 bridgehead atoms. The lowest BCUT2D eigenvalue weighted by Gasteiger charge is -2.12. The van der Waals surface area contributed by atoms with Gasteiger partial charge in [0.1, 0.15) is 0 Å². The molecular weight excluding hydrogens is 330 g/mol. The summed E-state index contributed by atoms with van der Waals surface area (Å²) in [6.45, 7) is 0.302. The standard InChI is InChI=1S/C17H19N3O3.ClH/c21-12-8-15(18-9-12)17(23)19-10-16(22)20-14-7-3-5-11-4-1-2-6-13(11)14;/h1-7,12,15,18,21H,8-10H2,(H,19,23)(H,20,22);1H. The molecule has 2 amide bonds. The van der Waals surface area contributed by atoms with Crippen LogP contribution >= 0.6 is 12.4 Å². The Kier molecular flexibility index (Phi) is 6.14. The van der Waals surface area contributed by atoms with Gasteiger partial charge in [-0.1, -0.05) is 36.4 Å². The molecular formula is C17H20ClN3O3. The van der Waals surface area contributed by atoms with E-state index in [0.717, 1.165) is 16.5 Å². The minimum atomic E-state index is -0.504. The summed E-state index contributed by atoms with van der Waals surface area (Å²) in [5.74, 6) is -0.553. The van der Waals surface area contributed by atoms with Gasteiger partial charge in [-0.05, 0) is 17.9 Å². The first-order valence-corrected chi connectivity index (χ1v) is 7.60. The maximum atomic E-state index is 12.0. The van der Waals surface area contributed by atoms with Gasteiger partial charge >= 0.3 is 0 Å². The summed E-state index contributed by atoms with van der Waals surface area (Å²) in [6, 6.07) is 13.0. The number of hydrogen-bond acceptors (Lipinski definition) is 4. The molecule has 2 aromatic rings. The predicted molar refractivity (Wildman–Crippen MR) is 95.2 cm³/mol. The summed E-state index contributed by atoms with van der Waals surface area (Å²) in [5, 5.41) is 19.7. The van der Waals surface area contributed by atoms with E-state index >= 15 is 0 Å². The molecule has 1 fully saturated rings. The van der Waals surface area contributed by atoms with Gasteiger partial charge in [0.2, 0.25) is 11.8 Å². The van der Waals surface area contributed by atoms with Crippen LogP contribution < -0.4 is 16.0 Å². The Bertz CT molecular complexity index is 733. The van der Waals surface area contributed by atoms with Crippen LogP contribution in [0.25, 0.3) is 10.8 Å². The van der Waals surface area contributed by atoms with E-state index < -0.39 is 12.1 Å². The van der Waals surface area contributed by atoms with Gasteiger partial charge in [-0.3, -0.25) is 9.59 Å². The third kappa shape index (κ3) is 4.23. The highest BCUT2D eigenvalue weighted by Crippen LogP contribution is 2.22. The van der Waals surface area contributed by atoms with E-state index in [4.69, 9.17) is 0 Å². The Morgan fingerprint density at radius 3 is 2.67 bits per heavy atom. The molecule has 128 valence electrons. The van der Waals surface area contributed by atoms with Crippen LogP contribution in [0.5, 0.6) is 0 Å². The monoisotopic (exact) mass is 349 g/mol. The largest absolute Gasteiger partial charge is 0.392 e. The molecule has 0 aliphatic carbocycles. The van der Waals surface area contributed by atoms with Crippen molar-refractivity contribution in [3.63, 3.8) is 0 Å². The molecule has 0 aromatic heterocycles. The Morgan fingerprint density at radius 2 is 1.92 bits per heavy atom. The first kappa shape index (κ1) is 18.2. The molecule has 1 heterocycles. The van der Waals surface area contributed by atoms with Crippen LogP contribution in [-0.4, -0.2) is 42.2 Å². The number of anilines is 1. The average molecular weight is 350 g/mol. The number of fused-ring (bicyclic) bond motifs is 1. The van der Waals surface area contributed by atoms with E-state index in [1.54, 1.807) is 0 Å². The fourth-order valence-corrected chi connectivity index (χ4v) is 2.74. The number of hydrogen-bond donors (Lipinski definition) is 4. The number of aliphatic hydroxyl groups is 1. The molecule has 2 atom stereocenters. The highest BCUT2D eigenvalue weighted by molar-refractivity contribution is 6.03. The molecule has 1 aliphatic heterocycles. The Morgan fingerprint density at radius 1 is 1.17 bits per heavy atom. The van der Waals surface area contributed by atoms with Gasteiger partial charge in [0.15, 0.2) is 0 Å². The molecule has 4 N–H and O–H groups in total. The molecule has 2 unspecified atom stereocenters. The van der Waals surface area contributed by atoms with Crippen LogP contribution in [0, 0.1) is 0 Å². The maximum Gasteiger partial charge on any atom is 0.243 e. The van der Waals surface area contributed by atoms with Crippen molar-refractivity contribution in [3.05, 3.63) is 42.5 Å². The Labute approximate surface area is 146 Å². The number of aliphatic hydroxyl groups excluding tert-OH is 1. The van der Waals surface area contributed by atoms with Crippen molar-refractivity contribution in [2.24, 2.45) is 0 Å². The van der Waals surface area contributed by atoms with E-state index in [1.165, 1.54) is 0 Å². The van der Waals surface area contributed by atoms with Crippen molar-refractivity contribution in [1.29, 1.82) is 0 Å². The number of benzene rings is 2. The van der Waals surface area contributed by atoms with Gasteiger partial charge in [-0.25, -0.2) is 0 Å². The number of amides is 2. The molecule has 0 spiro atoms. The zero-order valence-electron chi connectivity index (χ0n) is 13.0. The van der Waals surface area contributed by atoms with E-state index in [-0.39, 0.29) is 30.8 Å². The Balaban J connectivity index is 0.00000208. The van der Waals surface area contributed by atoms with Gasteiger partial charge in [-0.15, -0.1) is 12.4 Å². The van der Waals surface area contributed by atoms with Crippen LogP contribution in [0.15, 0.2) is 42.5 Å². The van der Waals surface area contributed by atoms with E-state index in [9.17, 15) is 14.7 Å². The summed E-state index contributed by atoms with van der Waals surface area (Å²) in [7, 11) is 0. The van der Waals surface area contributed by atoms with Crippen LogP contribution in [0.2, 0.25) is 0 Å². The van der Waals surface area contributed by atoms with Crippen molar-refractivity contribution in [3.8, 4) is 0 Å². The summed E-state index contributed by atoms with van der Waals surface area (Å²) in [4.78, 5) is 23.9. The molecule has 2 aromatic carbocycles. The zero-order chi connectivity index (χ0) is 16.2. The smallest absolute Gasteiger partial charge is 0.243 e. The third-order valence-corrected chi connectivity index (χ3v) is 3.91. The van der Waals surface area contributed by atoms with Gasteiger partial charge in [0.25, 0.3) is 0 Å². The fraction of sp³-hybridized carbons (Fsp3) is 0.294. The average Bonchev–Trinajstić information content (AvgIpc) is 2.99. The van der Waals surface area contributed by atoms with Crippen molar-refractivity contribution in [2.75, 3.05) is 18.4 Å². The highest BCUT2D eigenvalue weighted by atomic mass is 35.5. The molecule has 24 heavy (non-hydrogen) atoms. The lowest BCUT2D eigenvalue weighted by atomic mass is 10.1. The second-order valence-electron chi connectivity index (χ2n) is 5.64. The molecule has 6 nitrogen and oxygen atoms in total. The number of nitrogens with one attached hydrogen (secondary N) is 3. The quantitative estimate of drug-likeness (QED) is 0.664. The van der Waals surface area contributed by atoms with Gasteiger partial charge in [-0.2, -0.15) is 0 Å². The van der Waals surface area contributed by atoms with Crippen molar-refractivity contribution < 1.29 is 14.7 Å². The number of β-amino-alcohol motifs (C(OH)–C–C–N with tert-alkyl or cyclic N) is 1. The minimum absolute atomic E-state index is 0. The third-order valence-electron chi connectivity index (χ3n) is 3.91. The summed E-state index contributed by atoms with van der Waals surface area (Å²) >= 11 is 0. The summed E-state index contributed by atoms with van der Waals surface area (Å²) in [6.07, 6.45) is -0.133. The zero-order valence-corrected chi connectivity index (χ0v) is 13.8. The topological polar surface area (TPSA) is 90.5 Å². The van der Waals surface area contributed by atoms with Crippen LogP contribution in [-0.2, 0) is 9.59 Å². The second kappa shape index (κ2) is 8.10. The first-order chi connectivity index (χ1) is 11.1. The molecule has 1 saturated heterocycles. The lowest BCUT2D eigenvalue weighted by Crippen LogP contribution is -2.43. The summed E-state index contributed by atoms with van der Waals surface area (Å²) in [5.41, 5.74) is 0.719. The van der Waals surface area contributed by atoms with Crippen LogP contribution in [0.4, 0.5) is 5.69 Å². The Hall–Kier alpha value is -2.15. The van der Waals surface area contributed by atoms with Crippen LogP contribution in [0.3, 0.4) is 0 Å². The summed E-state index contributed by atoms with van der Waals surface area (Å²) < 4.78 is 0. The number of halogens is 1. The lowest BCUT2D eigenvalue weighted by molar-refractivity contribution is -0.125. The fourth-order valence-electron chi connectivity index (χ4n) is 2.74. The minimum Gasteiger partial charge on any atom is -0.392 e. The SMILES string of the molecule is Cl.O=C(CNC(=O)C1CC(O)CN1)Nc1cccc2ccccc12.